The molecule has 1 N–H and O–H groups in total. The van der Waals surface area contributed by atoms with E-state index in [1.165, 1.54) is 31.2 Å². The van der Waals surface area contributed by atoms with Gasteiger partial charge in [-0.2, -0.15) is 0 Å². The second-order valence-corrected chi connectivity index (χ2v) is 7.11. The Hall–Kier alpha value is -0.0600. The molecule has 1 aromatic carbocycles. The molecule has 0 aliphatic heterocycles. The predicted octanol–water partition coefficient (Wildman–Crippen LogP) is 5.92. The van der Waals surface area contributed by atoms with Crippen molar-refractivity contribution < 1.29 is 4.74 Å². The highest BCUT2D eigenvalue weighted by Gasteiger charge is 2.12. The molecule has 4 heteroatoms. The van der Waals surface area contributed by atoms with Crippen molar-refractivity contribution in [2.24, 2.45) is 5.92 Å². The first-order valence-electron chi connectivity index (χ1n) is 7.93. The summed E-state index contributed by atoms with van der Waals surface area (Å²) in [5.74, 6) is 1.57. The van der Waals surface area contributed by atoms with Gasteiger partial charge in [0, 0.05) is 6.54 Å². The molecule has 0 saturated heterocycles. The Labute approximate surface area is 146 Å². The van der Waals surface area contributed by atoms with Gasteiger partial charge in [-0.05, 0) is 68.4 Å². The number of benzene rings is 1. The minimum Gasteiger partial charge on any atom is -0.491 e. The molecular weight excluding hydrogens is 394 g/mol. The van der Waals surface area contributed by atoms with E-state index in [-0.39, 0.29) is 0 Å². The third kappa shape index (κ3) is 6.70. The van der Waals surface area contributed by atoms with Gasteiger partial charge in [0.05, 0.1) is 15.6 Å². The van der Waals surface area contributed by atoms with Crippen LogP contribution in [0, 0.1) is 5.92 Å². The molecule has 0 aliphatic rings. The van der Waals surface area contributed by atoms with Crippen molar-refractivity contribution in [3.8, 4) is 5.75 Å². The molecule has 2 nitrogen and oxygen atoms in total. The van der Waals surface area contributed by atoms with E-state index in [2.05, 4.69) is 70.1 Å². The van der Waals surface area contributed by atoms with Gasteiger partial charge < -0.3 is 10.1 Å². The van der Waals surface area contributed by atoms with Gasteiger partial charge in [-0.3, -0.25) is 0 Å². The zero-order chi connectivity index (χ0) is 15.7. The number of hydrogen-bond donors (Lipinski definition) is 1. The second-order valence-electron chi connectivity index (χ2n) is 5.40. The van der Waals surface area contributed by atoms with Crippen LogP contribution in [0.4, 0.5) is 0 Å². The summed E-state index contributed by atoms with van der Waals surface area (Å²) in [5, 5.41) is 3.34. The van der Waals surface area contributed by atoms with Crippen molar-refractivity contribution in [3.63, 3.8) is 0 Å². The molecule has 1 unspecified atom stereocenters. The maximum atomic E-state index is 6.06. The molecule has 120 valence electrons. The zero-order valence-electron chi connectivity index (χ0n) is 13.3. The molecule has 21 heavy (non-hydrogen) atoms. The van der Waals surface area contributed by atoms with E-state index < -0.39 is 0 Å². The highest BCUT2D eigenvalue weighted by Crippen LogP contribution is 2.35. The van der Waals surface area contributed by atoms with Crippen LogP contribution in [-0.4, -0.2) is 13.2 Å². The molecule has 0 radical (unpaired) electrons. The molecule has 1 aromatic rings. The number of rotatable bonds is 10. The molecule has 0 aliphatic carbocycles. The van der Waals surface area contributed by atoms with Crippen molar-refractivity contribution in [1.29, 1.82) is 0 Å². The summed E-state index contributed by atoms with van der Waals surface area (Å²) in [6.07, 6.45) is 4.96. The first kappa shape index (κ1) is 19.0. The lowest BCUT2D eigenvalue weighted by molar-refractivity contribution is 0.231. The van der Waals surface area contributed by atoms with Crippen molar-refractivity contribution in [2.45, 2.75) is 53.0 Å². The van der Waals surface area contributed by atoms with Gasteiger partial charge in [-0.15, -0.1) is 0 Å². The average Bonchev–Trinajstić information content (AvgIpc) is 2.47. The molecule has 0 saturated carbocycles. The normalized spacial score (nSPS) is 12.4. The summed E-state index contributed by atoms with van der Waals surface area (Å²) >= 11 is 7.26. The lowest BCUT2D eigenvalue weighted by atomic mass is 10.0. The van der Waals surface area contributed by atoms with Gasteiger partial charge >= 0.3 is 0 Å². The van der Waals surface area contributed by atoms with Crippen molar-refractivity contribution in [1.82, 2.24) is 5.32 Å². The lowest BCUT2D eigenvalue weighted by Gasteiger charge is -2.18. The van der Waals surface area contributed by atoms with Crippen LogP contribution in [0.3, 0.4) is 0 Å². The topological polar surface area (TPSA) is 21.3 Å². The fourth-order valence-corrected chi connectivity index (χ4v) is 3.73. The van der Waals surface area contributed by atoms with E-state index in [1.54, 1.807) is 0 Å². The van der Waals surface area contributed by atoms with Crippen LogP contribution in [0.2, 0.25) is 0 Å². The number of halogens is 2. The first-order valence-corrected chi connectivity index (χ1v) is 9.52. The minimum absolute atomic E-state index is 0.644. The molecule has 0 amide bonds. The van der Waals surface area contributed by atoms with Crippen LogP contribution in [0.25, 0.3) is 0 Å². The summed E-state index contributed by atoms with van der Waals surface area (Å²) in [5.41, 5.74) is 1.25. The largest absolute Gasteiger partial charge is 0.491 e. The Bertz CT molecular complexity index is 400. The van der Waals surface area contributed by atoms with Gasteiger partial charge in [0.1, 0.15) is 5.75 Å². The van der Waals surface area contributed by atoms with Crippen molar-refractivity contribution >= 4 is 31.9 Å². The molecular formula is C17H27Br2NO. The predicted molar refractivity (Wildman–Crippen MR) is 98.0 cm³/mol. The third-order valence-corrected chi connectivity index (χ3v) is 4.82. The summed E-state index contributed by atoms with van der Waals surface area (Å²) in [6, 6.07) is 4.27. The SMILES string of the molecule is CCCCC(CC)COc1c(Br)cc(CNCC)cc1Br. The summed E-state index contributed by atoms with van der Waals surface area (Å²) < 4.78 is 8.11. The first-order chi connectivity index (χ1) is 10.1. The third-order valence-electron chi connectivity index (χ3n) is 3.64. The number of unbranched alkanes of at least 4 members (excludes halogenated alkanes) is 1. The lowest BCUT2D eigenvalue weighted by Crippen LogP contribution is -2.13. The fraction of sp³-hybridized carbons (Fsp3) is 0.647. The maximum Gasteiger partial charge on any atom is 0.147 e. The van der Waals surface area contributed by atoms with Crippen LogP contribution in [-0.2, 0) is 6.54 Å². The van der Waals surface area contributed by atoms with Crippen LogP contribution in [0.5, 0.6) is 5.75 Å². The summed E-state index contributed by atoms with van der Waals surface area (Å²) in [6.45, 7) is 9.24. The summed E-state index contributed by atoms with van der Waals surface area (Å²) in [4.78, 5) is 0. The van der Waals surface area contributed by atoms with Gasteiger partial charge in [0.25, 0.3) is 0 Å². The molecule has 0 aromatic heterocycles. The van der Waals surface area contributed by atoms with Crippen molar-refractivity contribution in [2.75, 3.05) is 13.2 Å². The van der Waals surface area contributed by atoms with Crippen LogP contribution in [0.1, 0.15) is 52.0 Å². The maximum absolute atomic E-state index is 6.06. The molecule has 1 atom stereocenters. The Morgan fingerprint density at radius 1 is 1.14 bits per heavy atom. The van der Waals surface area contributed by atoms with E-state index >= 15 is 0 Å². The van der Waals surface area contributed by atoms with Gasteiger partial charge in [-0.25, -0.2) is 0 Å². The number of ether oxygens (including phenoxy) is 1. The molecule has 0 bridgehead atoms. The van der Waals surface area contributed by atoms with Crippen LogP contribution in [0.15, 0.2) is 21.1 Å². The number of hydrogen-bond acceptors (Lipinski definition) is 2. The Morgan fingerprint density at radius 3 is 2.33 bits per heavy atom. The van der Waals surface area contributed by atoms with E-state index in [0.29, 0.717) is 5.92 Å². The van der Waals surface area contributed by atoms with E-state index in [1.807, 2.05) is 0 Å². The number of nitrogens with one attached hydrogen (secondary N) is 1. The van der Waals surface area contributed by atoms with Gasteiger partial charge in [0.2, 0.25) is 0 Å². The van der Waals surface area contributed by atoms with E-state index in [0.717, 1.165) is 34.4 Å². The smallest absolute Gasteiger partial charge is 0.147 e. The summed E-state index contributed by atoms with van der Waals surface area (Å²) in [7, 11) is 0. The Morgan fingerprint density at radius 2 is 1.81 bits per heavy atom. The van der Waals surface area contributed by atoms with Crippen LogP contribution < -0.4 is 10.1 Å². The highest BCUT2D eigenvalue weighted by molar-refractivity contribution is 9.11. The quantitative estimate of drug-likeness (QED) is 0.507. The minimum atomic E-state index is 0.644. The van der Waals surface area contributed by atoms with E-state index in [9.17, 15) is 0 Å². The second kappa shape index (κ2) is 10.6. The van der Waals surface area contributed by atoms with Crippen LogP contribution >= 0.6 is 31.9 Å². The molecule has 0 fully saturated rings. The monoisotopic (exact) mass is 419 g/mol. The van der Waals surface area contributed by atoms with Gasteiger partial charge in [0.15, 0.2) is 0 Å². The average molecular weight is 421 g/mol. The molecule has 0 spiro atoms. The molecule has 1 rings (SSSR count). The zero-order valence-corrected chi connectivity index (χ0v) is 16.5. The Kier molecular flexibility index (Phi) is 9.61. The molecule has 0 heterocycles. The van der Waals surface area contributed by atoms with Crippen molar-refractivity contribution in [3.05, 3.63) is 26.6 Å². The standard InChI is InChI=1S/C17H27Br2NO/c1-4-7-8-13(5-2)12-21-17-15(18)9-14(10-16(17)19)11-20-6-3/h9-10,13,20H,4-8,11-12H2,1-3H3. The van der Waals surface area contributed by atoms with Gasteiger partial charge in [-0.1, -0.05) is 40.0 Å². The highest BCUT2D eigenvalue weighted by atomic mass is 79.9. The Balaban J connectivity index is 2.66. The van der Waals surface area contributed by atoms with E-state index in [4.69, 9.17) is 4.74 Å². The fourth-order valence-electron chi connectivity index (χ4n) is 2.22.